The van der Waals surface area contributed by atoms with Gasteiger partial charge in [0.1, 0.15) is 10.7 Å². The quantitative estimate of drug-likeness (QED) is 0.414. The van der Waals surface area contributed by atoms with Gasteiger partial charge in [0.15, 0.2) is 5.76 Å². The molecule has 3 aromatic rings. The Morgan fingerprint density at radius 3 is 2.74 bits per heavy atom. The molecule has 5 heterocycles. The molecule has 178 valence electrons. The number of hydrogen-bond donors (Lipinski definition) is 1. The van der Waals surface area contributed by atoms with Gasteiger partial charge in [-0.1, -0.05) is 11.3 Å². The number of carbonyl (C=O) groups is 1. The Morgan fingerprint density at radius 2 is 2.03 bits per heavy atom. The van der Waals surface area contributed by atoms with Gasteiger partial charge in [-0.2, -0.15) is 0 Å². The van der Waals surface area contributed by atoms with Gasteiger partial charge in [-0.05, 0) is 44.1 Å². The van der Waals surface area contributed by atoms with Crippen LogP contribution in [0.3, 0.4) is 0 Å². The molecule has 2 aliphatic heterocycles. The Hall–Kier alpha value is -3.35. The normalized spacial score (nSPS) is 17.0. The van der Waals surface area contributed by atoms with Crippen LogP contribution < -0.4 is 15.1 Å². The first kappa shape index (κ1) is 22.4. The number of hydrogen-bond acceptors (Lipinski definition) is 10. The number of ether oxygens (including phenoxy) is 1. The average Bonchev–Trinajstić information content (AvgIpc) is 3.56. The van der Waals surface area contributed by atoms with Crippen molar-refractivity contribution in [3.8, 4) is 11.5 Å². The van der Waals surface area contributed by atoms with Crippen molar-refractivity contribution in [3.05, 3.63) is 46.8 Å². The number of carbonyl (C=O) groups excluding carboxylic acids is 1. The molecule has 34 heavy (non-hydrogen) atoms. The second-order valence-corrected chi connectivity index (χ2v) is 8.98. The van der Waals surface area contributed by atoms with Crippen molar-refractivity contribution in [2.24, 2.45) is 5.92 Å². The summed E-state index contributed by atoms with van der Waals surface area (Å²) in [7, 11) is 0. The summed E-state index contributed by atoms with van der Waals surface area (Å²) in [6.45, 7) is 3.91. The molecule has 1 N–H and O–H groups in total. The number of rotatable bonds is 6. The van der Waals surface area contributed by atoms with Crippen LogP contribution in [0.2, 0.25) is 0 Å². The highest BCUT2D eigenvalue weighted by Crippen LogP contribution is 2.44. The summed E-state index contributed by atoms with van der Waals surface area (Å²) in [6, 6.07) is 6.43. The minimum atomic E-state index is -0.519. The van der Waals surface area contributed by atoms with Crippen LogP contribution in [-0.2, 0) is 9.53 Å². The van der Waals surface area contributed by atoms with E-state index in [1.54, 1.807) is 12.3 Å². The summed E-state index contributed by atoms with van der Waals surface area (Å²) in [5, 5.41) is 16.2. The number of nitrogens with zero attached hydrogens (tertiary/aromatic N) is 5. The predicted octanol–water partition coefficient (Wildman–Crippen LogP) is 3.21. The van der Waals surface area contributed by atoms with Gasteiger partial charge in [0.25, 0.3) is 0 Å². The highest BCUT2D eigenvalue weighted by Gasteiger charge is 2.36. The summed E-state index contributed by atoms with van der Waals surface area (Å²) in [5.74, 6) is 0.0142. The molecule has 0 radical (unpaired) electrons. The molecule has 11 nitrogen and oxygen atoms in total. The van der Waals surface area contributed by atoms with Gasteiger partial charge in [0.2, 0.25) is 16.9 Å². The van der Waals surface area contributed by atoms with E-state index in [9.17, 15) is 14.9 Å². The van der Waals surface area contributed by atoms with E-state index in [1.807, 2.05) is 6.07 Å². The van der Waals surface area contributed by atoms with E-state index < -0.39 is 4.92 Å². The molecule has 0 atom stereocenters. The van der Waals surface area contributed by atoms with Gasteiger partial charge in [-0.3, -0.25) is 14.9 Å². The molecule has 0 aromatic carbocycles. The lowest BCUT2D eigenvalue weighted by atomic mass is 9.96. The number of nitrogens with one attached hydrogen (secondary N) is 1. The molecular weight excluding hydrogens is 460 g/mol. The third kappa shape index (κ3) is 4.39. The van der Waals surface area contributed by atoms with E-state index in [-0.39, 0.29) is 23.3 Å². The van der Waals surface area contributed by atoms with Crippen LogP contribution in [0, 0.1) is 16.0 Å². The van der Waals surface area contributed by atoms with Crippen LogP contribution in [0.1, 0.15) is 12.8 Å². The lowest BCUT2D eigenvalue weighted by Crippen LogP contribution is -2.39. The highest BCUT2D eigenvalue weighted by atomic mass is 32.1. The first-order valence-corrected chi connectivity index (χ1v) is 12.0. The first-order chi connectivity index (χ1) is 16.6. The van der Waals surface area contributed by atoms with Gasteiger partial charge < -0.3 is 19.4 Å². The topological polar surface area (TPSA) is 127 Å². The van der Waals surface area contributed by atoms with Crippen LogP contribution in [0.25, 0.3) is 11.5 Å². The average molecular weight is 485 g/mol. The monoisotopic (exact) mass is 484 g/mol. The standard InChI is InChI=1S/C22H24N6O5S/c29-20(15-5-8-23-9-6-15)27(19-16(28(30)31)3-1-7-24-19)22-25-18(17-4-2-12-33-17)21(34-22)26-10-13-32-14-11-26/h1-4,7,12,15,23H,5-6,8-11,13-14H2. The zero-order valence-electron chi connectivity index (χ0n) is 18.4. The zero-order valence-corrected chi connectivity index (χ0v) is 19.2. The van der Waals surface area contributed by atoms with E-state index in [4.69, 9.17) is 14.1 Å². The summed E-state index contributed by atoms with van der Waals surface area (Å²) in [5.41, 5.74) is 0.348. The van der Waals surface area contributed by atoms with Gasteiger partial charge in [-0.15, -0.1) is 0 Å². The molecular formula is C22H24N6O5S. The molecule has 2 saturated heterocycles. The van der Waals surface area contributed by atoms with Crippen molar-refractivity contribution in [2.75, 3.05) is 49.2 Å². The second-order valence-electron chi connectivity index (χ2n) is 8.03. The van der Waals surface area contributed by atoms with Crippen molar-refractivity contribution >= 4 is 38.9 Å². The van der Waals surface area contributed by atoms with Crippen molar-refractivity contribution < 1.29 is 18.9 Å². The smallest absolute Gasteiger partial charge is 0.312 e. The Balaban J connectivity index is 1.64. The maximum absolute atomic E-state index is 13.8. The Labute approximate surface area is 199 Å². The number of amides is 1. The Morgan fingerprint density at radius 1 is 1.24 bits per heavy atom. The molecule has 0 bridgehead atoms. The fraction of sp³-hybridized carbons (Fsp3) is 0.409. The summed E-state index contributed by atoms with van der Waals surface area (Å²) < 4.78 is 11.1. The minimum absolute atomic E-state index is 0.0238. The van der Waals surface area contributed by atoms with Crippen molar-refractivity contribution in [1.82, 2.24) is 15.3 Å². The van der Waals surface area contributed by atoms with Crippen molar-refractivity contribution in [3.63, 3.8) is 0 Å². The van der Waals surface area contributed by atoms with E-state index >= 15 is 0 Å². The van der Waals surface area contributed by atoms with Crippen LogP contribution in [0.15, 0.2) is 41.1 Å². The fourth-order valence-corrected chi connectivity index (χ4v) is 5.33. The van der Waals surface area contributed by atoms with Crippen LogP contribution in [-0.4, -0.2) is 60.2 Å². The number of aromatic nitrogens is 2. The van der Waals surface area contributed by atoms with Crippen molar-refractivity contribution in [1.29, 1.82) is 0 Å². The largest absolute Gasteiger partial charge is 0.463 e. The van der Waals surface area contributed by atoms with E-state index in [0.717, 1.165) is 5.00 Å². The summed E-state index contributed by atoms with van der Waals surface area (Å²) in [4.78, 5) is 37.6. The zero-order chi connectivity index (χ0) is 23.5. The number of pyridine rings is 1. The fourth-order valence-electron chi connectivity index (χ4n) is 4.20. The van der Waals surface area contributed by atoms with Crippen LogP contribution in [0.4, 0.5) is 21.6 Å². The highest BCUT2D eigenvalue weighted by molar-refractivity contribution is 7.20. The molecule has 12 heteroatoms. The Bertz CT molecular complexity index is 1150. The number of thiazole rings is 1. The van der Waals surface area contributed by atoms with E-state index in [1.165, 1.54) is 34.6 Å². The van der Waals surface area contributed by atoms with Gasteiger partial charge in [-0.25, -0.2) is 14.9 Å². The maximum Gasteiger partial charge on any atom is 0.312 e. The molecule has 3 aromatic heterocycles. The molecule has 0 aliphatic carbocycles. The lowest BCUT2D eigenvalue weighted by molar-refractivity contribution is -0.384. The Kier molecular flexibility index (Phi) is 6.52. The predicted molar refractivity (Wildman–Crippen MR) is 126 cm³/mol. The van der Waals surface area contributed by atoms with Crippen molar-refractivity contribution in [2.45, 2.75) is 12.8 Å². The minimum Gasteiger partial charge on any atom is -0.463 e. The molecule has 5 rings (SSSR count). The molecule has 1 amide bonds. The SMILES string of the molecule is O=C(C1CCNCC1)N(c1nc(-c2ccco2)c(N2CCOCC2)s1)c1ncccc1[N+](=O)[O-]. The third-order valence-corrected chi connectivity index (χ3v) is 7.03. The first-order valence-electron chi connectivity index (χ1n) is 11.1. The number of piperidine rings is 1. The van der Waals surface area contributed by atoms with Crippen LogP contribution in [0.5, 0.6) is 0 Å². The number of anilines is 3. The number of furan rings is 1. The van der Waals surface area contributed by atoms with E-state index in [0.29, 0.717) is 68.8 Å². The van der Waals surface area contributed by atoms with Gasteiger partial charge in [0.05, 0.1) is 24.4 Å². The van der Waals surface area contributed by atoms with Gasteiger partial charge >= 0.3 is 5.69 Å². The molecule has 2 fully saturated rings. The molecule has 0 saturated carbocycles. The van der Waals surface area contributed by atoms with Crippen LogP contribution >= 0.6 is 11.3 Å². The molecule has 0 spiro atoms. The maximum atomic E-state index is 13.8. The lowest BCUT2D eigenvalue weighted by Gasteiger charge is -2.28. The number of nitro groups is 1. The third-order valence-electron chi connectivity index (χ3n) is 5.93. The molecule has 0 unspecified atom stereocenters. The summed E-state index contributed by atoms with van der Waals surface area (Å²) in [6.07, 6.45) is 4.30. The van der Waals surface area contributed by atoms with E-state index in [2.05, 4.69) is 15.2 Å². The summed E-state index contributed by atoms with van der Waals surface area (Å²) >= 11 is 1.31. The molecule has 2 aliphatic rings. The number of morpholine rings is 1. The second kappa shape index (κ2) is 9.87. The van der Waals surface area contributed by atoms with Gasteiger partial charge in [0, 0.05) is 31.3 Å².